The predicted octanol–water partition coefficient (Wildman–Crippen LogP) is 5.85. The summed E-state index contributed by atoms with van der Waals surface area (Å²) in [5.74, 6) is 1.06. The van der Waals surface area contributed by atoms with Crippen LogP contribution in [-0.4, -0.2) is 9.97 Å². The first-order valence-electron chi connectivity index (χ1n) is 8.97. The summed E-state index contributed by atoms with van der Waals surface area (Å²) in [6.07, 6.45) is 16.7. The molecule has 0 amide bonds. The molecule has 0 aromatic carbocycles. The number of hydrogen-bond acceptors (Lipinski definition) is 2. The van der Waals surface area contributed by atoms with Gasteiger partial charge in [-0.2, -0.15) is 0 Å². The van der Waals surface area contributed by atoms with Gasteiger partial charge in [0.15, 0.2) is 0 Å². The summed E-state index contributed by atoms with van der Waals surface area (Å²) in [4.78, 5) is 9.38. The molecule has 1 atom stereocenters. The summed E-state index contributed by atoms with van der Waals surface area (Å²) in [6.45, 7) is 9.07. The van der Waals surface area contributed by atoms with Crippen molar-refractivity contribution in [2.45, 2.75) is 97.3 Å². The highest BCUT2D eigenvalue weighted by atomic mass is 14.9. The predicted molar refractivity (Wildman–Crippen MR) is 91.7 cm³/mol. The van der Waals surface area contributed by atoms with Crippen LogP contribution in [0.3, 0.4) is 0 Å². The Kier molecular flexibility index (Phi) is 8.56. The monoisotopic (exact) mass is 290 g/mol. The average molecular weight is 290 g/mol. The van der Waals surface area contributed by atoms with Gasteiger partial charge in [-0.25, -0.2) is 9.97 Å². The Balaban J connectivity index is 2.72. The zero-order chi connectivity index (χ0) is 15.6. The third-order valence-corrected chi connectivity index (χ3v) is 4.57. The van der Waals surface area contributed by atoms with Gasteiger partial charge in [-0.1, -0.05) is 72.6 Å². The van der Waals surface area contributed by atoms with E-state index in [2.05, 4.69) is 37.7 Å². The van der Waals surface area contributed by atoms with Gasteiger partial charge in [0.05, 0.1) is 0 Å². The minimum Gasteiger partial charge on any atom is -0.241 e. The van der Waals surface area contributed by atoms with E-state index in [1.807, 2.05) is 12.4 Å². The molecule has 0 bridgehead atoms. The third kappa shape index (κ3) is 6.15. The third-order valence-electron chi connectivity index (χ3n) is 4.57. The Morgan fingerprint density at radius 1 is 0.810 bits per heavy atom. The lowest BCUT2D eigenvalue weighted by molar-refractivity contribution is 0.346. The fourth-order valence-corrected chi connectivity index (χ4v) is 2.90. The van der Waals surface area contributed by atoms with Crippen LogP contribution in [0.4, 0.5) is 0 Å². The van der Waals surface area contributed by atoms with Crippen molar-refractivity contribution in [3.8, 4) is 0 Å². The first-order chi connectivity index (χ1) is 10.2. The Morgan fingerprint density at radius 2 is 1.33 bits per heavy atom. The Labute approximate surface area is 131 Å². The topological polar surface area (TPSA) is 25.8 Å². The van der Waals surface area contributed by atoms with E-state index < -0.39 is 0 Å². The molecule has 0 spiro atoms. The van der Waals surface area contributed by atoms with Crippen LogP contribution in [0.5, 0.6) is 0 Å². The van der Waals surface area contributed by atoms with E-state index in [-0.39, 0.29) is 5.41 Å². The minimum atomic E-state index is 0.162. The minimum absolute atomic E-state index is 0.162. The number of aryl methyl sites for hydroxylation is 1. The number of rotatable bonds is 11. The van der Waals surface area contributed by atoms with E-state index in [1.165, 1.54) is 63.4 Å². The smallest absolute Gasteiger partial charge is 0.134 e. The van der Waals surface area contributed by atoms with Crippen molar-refractivity contribution in [1.82, 2.24) is 9.97 Å². The van der Waals surface area contributed by atoms with Gasteiger partial charge >= 0.3 is 0 Å². The summed E-state index contributed by atoms with van der Waals surface area (Å²) in [5.41, 5.74) is 1.40. The Bertz CT molecular complexity index is 372. The van der Waals surface area contributed by atoms with E-state index >= 15 is 0 Å². The fourth-order valence-electron chi connectivity index (χ4n) is 2.90. The molecule has 0 saturated carbocycles. The summed E-state index contributed by atoms with van der Waals surface area (Å²) < 4.78 is 0. The molecular formula is C19H34N2. The van der Waals surface area contributed by atoms with E-state index in [0.29, 0.717) is 0 Å². The molecule has 0 radical (unpaired) electrons. The van der Waals surface area contributed by atoms with Crippen molar-refractivity contribution in [1.29, 1.82) is 0 Å². The Morgan fingerprint density at radius 3 is 1.86 bits per heavy atom. The number of hydrogen-bond donors (Lipinski definition) is 0. The molecule has 120 valence electrons. The Hall–Kier alpha value is -0.920. The van der Waals surface area contributed by atoms with E-state index in [1.54, 1.807) is 0 Å². The number of nitrogens with zero attached hydrogens (tertiary/aromatic N) is 2. The lowest BCUT2D eigenvalue weighted by Gasteiger charge is -2.28. The van der Waals surface area contributed by atoms with Crippen molar-refractivity contribution < 1.29 is 0 Å². The first kappa shape index (κ1) is 18.1. The van der Waals surface area contributed by atoms with Gasteiger partial charge in [0.2, 0.25) is 0 Å². The molecule has 0 N–H and O–H groups in total. The van der Waals surface area contributed by atoms with Gasteiger partial charge in [0.25, 0.3) is 0 Å². The second kappa shape index (κ2) is 9.92. The van der Waals surface area contributed by atoms with Crippen molar-refractivity contribution in [3.63, 3.8) is 0 Å². The molecule has 2 heteroatoms. The maximum absolute atomic E-state index is 4.69. The highest BCUT2D eigenvalue weighted by molar-refractivity contribution is 5.11. The molecule has 1 rings (SSSR count). The van der Waals surface area contributed by atoms with Crippen LogP contribution in [0.15, 0.2) is 12.4 Å². The number of aromatic nitrogens is 2. The summed E-state index contributed by atoms with van der Waals surface area (Å²) >= 11 is 0. The maximum atomic E-state index is 4.69. The van der Waals surface area contributed by atoms with Crippen LogP contribution in [0, 0.1) is 0 Å². The lowest BCUT2D eigenvalue weighted by atomic mass is 9.79. The normalized spacial score (nSPS) is 14.1. The molecule has 1 aromatic heterocycles. The first-order valence-corrected chi connectivity index (χ1v) is 8.97. The molecule has 1 heterocycles. The molecule has 1 unspecified atom stereocenters. The van der Waals surface area contributed by atoms with Crippen LogP contribution in [0.25, 0.3) is 0 Å². The van der Waals surface area contributed by atoms with Crippen LogP contribution >= 0.6 is 0 Å². The van der Waals surface area contributed by atoms with Crippen LogP contribution < -0.4 is 0 Å². The van der Waals surface area contributed by atoms with Crippen LogP contribution in [-0.2, 0) is 11.8 Å². The van der Waals surface area contributed by atoms with Gasteiger partial charge < -0.3 is 0 Å². The summed E-state index contributed by atoms with van der Waals surface area (Å²) in [7, 11) is 0. The standard InChI is InChI=1S/C19H34N2/c1-5-8-10-12-14-19(4,13-11-9-6-2)18-20-15-17(7-3)16-21-18/h15-16H,5-14H2,1-4H3. The highest BCUT2D eigenvalue weighted by Gasteiger charge is 2.28. The van der Waals surface area contributed by atoms with E-state index in [9.17, 15) is 0 Å². The molecular weight excluding hydrogens is 256 g/mol. The summed E-state index contributed by atoms with van der Waals surface area (Å²) in [5, 5.41) is 0. The van der Waals surface area contributed by atoms with Crippen LogP contribution in [0.2, 0.25) is 0 Å². The molecule has 2 nitrogen and oxygen atoms in total. The van der Waals surface area contributed by atoms with Crippen molar-refractivity contribution in [2.75, 3.05) is 0 Å². The van der Waals surface area contributed by atoms with Gasteiger partial charge in [-0.15, -0.1) is 0 Å². The van der Waals surface area contributed by atoms with Crippen molar-refractivity contribution >= 4 is 0 Å². The van der Waals surface area contributed by atoms with E-state index in [0.717, 1.165) is 12.2 Å². The SMILES string of the molecule is CCCCCCC(C)(CCCCC)c1ncc(CC)cn1. The quantitative estimate of drug-likeness (QED) is 0.478. The molecule has 0 saturated heterocycles. The molecule has 0 aliphatic rings. The molecule has 1 aromatic rings. The second-order valence-corrected chi connectivity index (χ2v) is 6.60. The van der Waals surface area contributed by atoms with Crippen molar-refractivity contribution in [2.24, 2.45) is 0 Å². The van der Waals surface area contributed by atoms with Gasteiger partial charge in [0.1, 0.15) is 5.82 Å². The van der Waals surface area contributed by atoms with E-state index in [4.69, 9.17) is 0 Å². The van der Waals surface area contributed by atoms with Gasteiger partial charge in [-0.3, -0.25) is 0 Å². The largest absolute Gasteiger partial charge is 0.241 e. The molecule has 0 aliphatic carbocycles. The van der Waals surface area contributed by atoms with Crippen LogP contribution in [0.1, 0.15) is 96.9 Å². The molecule has 0 fully saturated rings. The average Bonchev–Trinajstić information content (AvgIpc) is 2.52. The lowest BCUT2D eigenvalue weighted by Crippen LogP contribution is -2.25. The maximum Gasteiger partial charge on any atom is 0.134 e. The van der Waals surface area contributed by atoms with Gasteiger partial charge in [-0.05, 0) is 24.8 Å². The zero-order valence-corrected chi connectivity index (χ0v) is 14.6. The fraction of sp³-hybridized carbons (Fsp3) is 0.789. The second-order valence-electron chi connectivity index (χ2n) is 6.60. The zero-order valence-electron chi connectivity index (χ0n) is 14.6. The summed E-state index contributed by atoms with van der Waals surface area (Å²) in [6, 6.07) is 0. The molecule has 21 heavy (non-hydrogen) atoms. The van der Waals surface area contributed by atoms with Crippen molar-refractivity contribution in [3.05, 3.63) is 23.8 Å². The molecule has 0 aliphatic heterocycles. The number of unbranched alkanes of at least 4 members (excludes halogenated alkanes) is 5. The van der Waals surface area contributed by atoms with Gasteiger partial charge in [0, 0.05) is 17.8 Å². The highest BCUT2D eigenvalue weighted by Crippen LogP contribution is 2.33.